The molecule has 0 bridgehead atoms. The highest BCUT2D eigenvalue weighted by Crippen LogP contribution is 2.15. The van der Waals surface area contributed by atoms with Crippen molar-refractivity contribution in [2.45, 2.75) is 46.1 Å². The van der Waals surface area contributed by atoms with Gasteiger partial charge in [0.15, 0.2) is 18.4 Å². The van der Waals surface area contributed by atoms with Crippen LogP contribution in [0.15, 0.2) is 29.1 Å². The second-order valence-corrected chi connectivity index (χ2v) is 5.09. The Balaban J connectivity index is 2.15. The van der Waals surface area contributed by atoms with E-state index in [4.69, 9.17) is 4.42 Å². The first-order valence-corrected chi connectivity index (χ1v) is 6.34. The van der Waals surface area contributed by atoms with Crippen molar-refractivity contribution in [2.24, 2.45) is 0 Å². The van der Waals surface area contributed by atoms with E-state index in [1.807, 2.05) is 0 Å². The van der Waals surface area contributed by atoms with E-state index in [9.17, 15) is 0 Å². The van der Waals surface area contributed by atoms with E-state index in [1.54, 1.807) is 0 Å². The molecule has 4 nitrogen and oxygen atoms in total. The Hall–Kier alpha value is -1.71. The molecule has 0 fully saturated rings. The predicted molar refractivity (Wildman–Crippen MR) is 68.2 cm³/mol. The smallest absolute Gasteiger partial charge is 0.225 e. The zero-order chi connectivity index (χ0) is 13.1. The van der Waals surface area contributed by atoms with Crippen molar-refractivity contribution in [3.8, 4) is 0 Å². The molecule has 4 heteroatoms. The summed E-state index contributed by atoms with van der Waals surface area (Å²) in [6, 6.07) is 4.42. The highest BCUT2D eigenvalue weighted by Gasteiger charge is 2.18. The third-order valence-electron chi connectivity index (χ3n) is 3.21. The number of nitrogens with zero attached hydrogens (tertiary/aromatic N) is 3. The minimum Gasteiger partial charge on any atom is -0.427 e. The molecule has 1 unspecified atom stereocenters. The van der Waals surface area contributed by atoms with Crippen LogP contribution >= 0.6 is 0 Å². The van der Waals surface area contributed by atoms with Gasteiger partial charge >= 0.3 is 0 Å². The summed E-state index contributed by atoms with van der Waals surface area (Å²) >= 11 is 0. The number of hydrogen-bond acceptors (Lipinski definition) is 3. The molecule has 2 aromatic heterocycles. The van der Waals surface area contributed by atoms with E-state index in [1.165, 1.54) is 17.7 Å². The van der Waals surface area contributed by atoms with Crippen LogP contribution in [0.2, 0.25) is 0 Å². The highest BCUT2D eigenvalue weighted by molar-refractivity contribution is 5.15. The van der Waals surface area contributed by atoms with Crippen molar-refractivity contribution in [3.05, 3.63) is 41.9 Å². The molecule has 2 heterocycles. The van der Waals surface area contributed by atoms with Gasteiger partial charge in [-0.1, -0.05) is 13.8 Å². The van der Waals surface area contributed by atoms with Crippen LogP contribution in [0, 0.1) is 6.92 Å². The summed E-state index contributed by atoms with van der Waals surface area (Å²) in [5.41, 5.74) is 2.63. The highest BCUT2D eigenvalue weighted by atomic mass is 16.4. The molecule has 0 saturated heterocycles. The van der Waals surface area contributed by atoms with E-state index >= 15 is 0 Å². The fourth-order valence-electron chi connectivity index (χ4n) is 2.00. The van der Waals surface area contributed by atoms with Gasteiger partial charge in [-0.3, -0.25) is 0 Å². The fraction of sp³-hybridized carbons (Fsp3) is 0.500. The second-order valence-electron chi connectivity index (χ2n) is 5.09. The van der Waals surface area contributed by atoms with E-state index in [0.29, 0.717) is 11.8 Å². The summed E-state index contributed by atoms with van der Waals surface area (Å²) in [5.74, 6) is 1.47. The quantitative estimate of drug-likeness (QED) is 0.779. The lowest BCUT2D eigenvalue weighted by Crippen LogP contribution is -2.39. The Morgan fingerprint density at radius 2 is 2.11 bits per heavy atom. The molecular weight excluding hydrogens is 226 g/mol. The zero-order valence-corrected chi connectivity index (χ0v) is 11.4. The lowest BCUT2D eigenvalue weighted by atomic mass is 10.0. The number of aryl methyl sites for hydroxylation is 1. The third-order valence-corrected chi connectivity index (χ3v) is 3.21. The number of rotatable bonds is 4. The van der Waals surface area contributed by atoms with Crippen LogP contribution in [0.5, 0.6) is 0 Å². The SMILES string of the molecule is Cc1cc(C(C)C)cc[n+]1CC(C)c1nnco1. The molecule has 2 rings (SSSR count). The van der Waals surface area contributed by atoms with Gasteiger partial charge < -0.3 is 4.42 Å². The summed E-state index contributed by atoms with van der Waals surface area (Å²) in [6.45, 7) is 9.50. The molecule has 0 aliphatic carbocycles. The van der Waals surface area contributed by atoms with E-state index in [0.717, 1.165) is 6.54 Å². The van der Waals surface area contributed by atoms with Gasteiger partial charge in [0.2, 0.25) is 12.3 Å². The molecule has 0 aliphatic rings. The molecule has 0 saturated carbocycles. The Kier molecular flexibility index (Phi) is 3.75. The van der Waals surface area contributed by atoms with Gasteiger partial charge in [0.1, 0.15) is 0 Å². The Morgan fingerprint density at radius 3 is 2.67 bits per heavy atom. The van der Waals surface area contributed by atoms with Crippen molar-refractivity contribution in [2.75, 3.05) is 0 Å². The summed E-state index contributed by atoms with van der Waals surface area (Å²) in [6.07, 6.45) is 3.52. The van der Waals surface area contributed by atoms with Gasteiger partial charge in [-0.2, -0.15) is 0 Å². The maximum Gasteiger partial charge on any atom is 0.225 e. The lowest BCUT2D eigenvalue weighted by molar-refractivity contribution is -0.705. The van der Waals surface area contributed by atoms with Crippen molar-refractivity contribution in [3.63, 3.8) is 0 Å². The minimum absolute atomic E-state index is 0.223. The van der Waals surface area contributed by atoms with Gasteiger partial charge in [-0.15, -0.1) is 10.2 Å². The molecule has 0 N–H and O–H groups in total. The van der Waals surface area contributed by atoms with Gasteiger partial charge in [-0.05, 0) is 18.4 Å². The normalized spacial score (nSPS) is 12.9. The van der Waals surface area contributed by atoms with Crippen LogP contribution < -0.4 is 4.57 Å². The molecule has 2 aromatic rings. The topological polar surface area (TPSA) is 42.8 Å². The molecule has 96 valence electrons. The zero-order valence-electron chi connectivity index (χ0n) is 11.4. The molecule has 0 aliphatic heterocycles. The molecular formula is C14H20N3O+. The number of pyridine rings is 1. The first-order chi connectivity index (χ1) is 8.58. The summed E-state index contributed by atoms with van der Waals surface area (Å²) in [7, 11) is 0. The monoisotopic (exact) mass is 246 g/mol. The van der Waals surface area contributed by atoms with Crippen LogP contribution in [0.1, 0.15) is 49.8 Å². The number of aromatic nitrogens is 3. The Labute approximate surface area is 108 Å². The average Bonchev–Trinajstić information content (AvgIpc) is 2.85. The number of hydrogen-bond donors (Lipinski definition) is 0. The van der Waals surface area contributed by atoms with Gasteiger partial charge in [0.25, 0.3) is 0 Å². The van der Waals surface area contributed by atoms with E-state index in [-0.39, 0.29) is 5.92 Å². The van der Waals surface area contributed by atoms with E-state index < -0.39 is 0 Å². The summed E-state index contributed by atoms with van der Waals surface area (Å²) in [4.78, 5) is 0. The molecule has 0 amide bonds. The van der Waals surface area contributed by atoms with Crippen molar-refractivity contribution >= 4 is 0 Å². The van der Waals surface area contributed by atoms with Gasteiger partial charge in [-0.25, -0.2) is 4.57 Å². The first kappa shape index (κ1) is 12.7. The largest absolute Gasteiger partial charge is 0.427 e. The fourth-order valence-corrected chi connectivity index (χ4v) is 2.00. The van der Waals surface area contributed by atoms with Crippen LogP contribution in [0.4, 0.5) is 0 Å². The van der Waals surface area contributed by atoms with Crippen LogP contribution in [-0.4, -0.2) is 10.2 Å². The van der Waals surface area contributed by atoms with Crippen LogP contribution in [0.3, 0.4) is 0 Å². The van der Waals surface area contributed by atoms with Crippen molar-refractivity contribution in [1.82, 2.24) is 10.2 Å². The van der Waals surface area contributed by atoms with Crippen molar-refractivity contribution < 1.29 is 8.98 Å². The Bertz CT molecular complexity index is 506. The summed E-state index contributed by atoms with van der Waals surface area (Å²) in [5, 5.41) is 7.68. The molecule has 18 heavy (non-hydrogen) atoms. The van der Waals surface area contributed by atoms with Gasteiger partial charge in [0, 0.05) is 19.1 Å². The van der Waals surface area contributed by atoms with Crippen LogP contribution in [0.25, 0.3) is 0 Å². The lowest BCUT2D eigenvalue weighted by Gasteiger charge is -2.08. The third kappa shape index (κ3) is 2.75. The second kappa shape index (κ2) is 5.29. The molecule has 0 radical (unpaired) electrons. The van der Waals surface area contributed by atoms with Gasteiger partial charge in [0.05, 0.1) is 5.92 Å². The molecule has 1 atom stereocenters. The average molecular weight is 246 g/mol. The maximum atomic E-state index is 5.23. The predicted octanol–water partition coefficient (Wildman–Crippen LogP) is 2.59. The maximum absolute atomic E-state index is 5.23. The van der Waals surface area contributed by atoms with E-state index in [2.05, 4.69) is 60.8 Å². The standard InChI is InChI=1S/C14H20N3O/c1-10(2)13-5-6-17(12(4)7-13)8-11(3)14-16-15-9-18-14/h5-7,9-11H,8H2,1-4H3/q+1. The summed E-state index contributed by atoms with van der Waals surface area (Å²) < 4.78 is 7.46. The Morgan fingerprint density at radius 1 is 1.33 bits per heavy atom. The molecule has 0 spiro atoms. The minimum atomic E-state index is 0.223. The first-order valence-electron chi connectivity index (χ1n) is 6.34. The van der Waals surface area contributed by atoms with Crippen LogP contribution in [-0.2, 0) is 6.54 Å². The van der Waals surface area contributed by atoms with Crippen molar-refractivity contribution in [1.29, 1.82) is 0 Å². The molecule has 0 aromatic carbocycles.